The molecular formula is C23H22Br2N2O. The SMILES string of the molecule is O=C(CN(Cc1ccccc1)Cc1c(Br)cccc1Br)NCc1ccccc1. The minimum atomic E-state index is 0.0166. The number of carbonyl (C=O) groups excluding carboxylic acids is 1. The van der Waals surface area contributed by atoms with Gasteiger partial charge >= 0.3 is 0 Å². The van der Waals surface area contributed by atoms with E-state index in [1.807, 2.05) is 66.7 Å². The molecule has 0 aromatic heterocycles. The Bertz CT molecular complexity index is 881. The second-order valence-corrected chi connectivity index (χ2v) is 8.30. The molecule has 3 rings (SSSR count). The van der Waals surface area contributed by atoms with Gasteiger partial charge in [-0.2, -0.15) is 0 Å². The van der Waals surface area contributed by atoms with Gasteiger partial charge in [0, 0.05) is 28.6 Å². The van der Waals surface area contributed by atoms with Crippen LogP contribution < -0.4 is 5.32 Å². The molecule has 0 bridgehead atoms. The number of nitrogens with one attached hydrogen (secondary N) is 1. The van der Waals surface area contributed by atoms with Gasteiger partial charge < -0.3 is 5.32 Å². The van der Waals surface area contributed by atoms with Gasteiger partial charge in [-0.3, -0.25) is 9.69 Å². The average molecular weight is 502 g/mol. The number of carbonyl (C=O) groups is 1. The van der Waals surface area contributed by atoms with E-state index in [0.29, 0.717) is 26.2 Å². The van der Waals surface area contributed by atoms with Gasteiger partial charge in [0.1, 0.15) is 0 Å². The fourth-order valence-electron chi connectivity index (χ4n) is 2.97. The summed E-state index contributed by atoms with van der Waals surface area (Å²) in [4.78, 5) is 14.8. The highest BCUT2D eigenvalue weighted by atomic mass is 79.9. The summed E-state index contributed by atoms with van der Waals surface area (Å²) in [5.41, 5.74) is 3.41. The fraction of sp³-hybridized carbons (Fsp3) is 0.174. The van der Waals surface area contributed by atoms with Gasteiger partial charge in [0.15, 0.2) is 0 Å². The van der Waals surface area contributed by atoms with E-state index < -0.39 is 0 Å². The summed E-state index contributed by atoms with van der Waals surface area (Å²) in [6.45, 7) is 2.23. The zero-order chi connectivity index (χ0) is 19.8. The maximum Gasteiger partial charge on any atom is 0.234 e. The van der Waals surface area contributed by atoms with Crippen LogP contribution in [0.4, 0.5) is 0 Å². The molecule has 0 aliphatic rings. The van der Waals surface area contributed by atoms with Crippen molar-refractivity contribution in [3.05, 3.63) is 104 Å². The average Bonchev–Trinajstić information content (AvgIpc) is 2.71. The van der Waals surface area contributed by atoms with E-state index >= 15 is 0 Å². The lowest BCUT2D eigenvalue weighted by molar-refractivity contribution is -0.122. The van der Waals surface area contributed by atoms with Crippen molar-refractivity contribution in [3.63, 3.8) is 0 Å². The molecule has 0 saturated heterocycles. The maximum atomic E-state index is 12.6. The van der Waals surface area contributed by atoms with E-state index in [-0.39, 0.29) is 5.91 Å². The van der Waals surface area contributed by atoms with Crippen LogP contribution in [0.3, 0.4) is 0 Å². The molecule has 0 atom stereocenters. The van der Waals surface area contributed by atoms with Crippen LogP contribution in [0.25, 0.3) is 0 Å². The first kappa shape index (κ1) is 20.8. The predicted molar refractivity (Wildman–Crippen MR) is 121 cm³/mol. The highest BCUT2D eigenvalue weighted by molar-refractivity contribution is 9.11. The standard InChI is InChI=1S/C23H22Br2N2O/c24-21-12-7-13-22(25)20(21)16-27(15-19-10-5-2-6-11-19)17-23(28)26-14-18-8-3-1-4-9-18/h1-13H,14-17H2,(H,26,28). The van der Waals surface area contributed by atoms with Crippen LogP contribution in [0, 0.1) is 0 Å². The van der Waals surface area contributed by atoms with E-state index in [9.17, 15) is 4.79 Å². The molecule has 3 nitrogen and oxygen atoms in total. The van der Waals surface area contributed by atoms with Gasteiger partial charge in [-0.05, 0) is 28.8 Å². The third kappa shape index (κ3) is 6.30. The number of benzene rings is 3. The van der Waals surface area contributed by atoms with Crippen LogP contribution in [0.5, 0.6) is 0 Å². The van der Waals surface area contributed by atoms with Crippen LogP contribution in [0.15, 0.2) is 87.8 Å². The summed E-state index contributed by atoms with van der Waals surface area (Å²) >= 11 is 7.26. The Morgan fingerprint density at radius 2 is 1.32 bits per heavy atom. The van der Waals surface area contributed by atoms with Crippen molar-refractivity contribution in [2.45, 2.75) is 19.6 Å². The first-order valence-corrected chi connectivity index (χ1v) is 10.7. The highest BCUT2D eigenvalue weighted by Gasteiger charge is 2.15. The van der Waals surface area contributed by atoms with Crippen molar-refractivity contribution in [2.24, 2.45) is 0 Å². The van der Waals surface area contributed by atoms with Gasteiger partial charge in [-0.1, -0.05) is 98.6 Å². The number of hydrogen-bond acceptors (Lipinski definition) is 2. The Balaban J connectivity index is 1.69. The lowest BCUT2D eigenvalue weighted by Crippen LogP contribution is -2.36. The zero-order valence-corrected chi connectivity index (χ0v) is 18.6. The highest BCUT2D eigenvalue weighted by Crippen LogP contribution is 2.27. The normalized spacial score (nSPS) is 10.8. The van der Waals surface area contributed by atoms with Crippen molar-refractivity contribution in [1.82, 2.24) is 10.2 Å². The van der Waals surface area contributed by atoms with E-state index in [2.05, 4.69) is 54.2 Å². The molecule has 3 aromatic carbocycles. The quantitative estimate of drug-likeness (QED) is 0.440. The molecule has 1 N–H and O–H groups in total. The van der Waals surface area contributed by atoms with Crippen LogP contribution in [0.2, 0.25) is 0 Å². The first-order chi connectivity index (χ1) is 13.6. The molecule has 3 aromatic rings. The summed E-state index contributed by atoms with van der Waals surface area (Å²) < 4.78 is 2.06. The van der Waals surface area contributed by atoms with E-state index in [4.69, 9.17) is 0 Å². The molecule has 0 radical (unpaired) electrons. The van der Waals surface area contributed by atoms with Crippen LogP contribution in [0.1, 0.15) is 16.7 Å². The zero-order valence-electron chi connectivity index (χ0n) is 15.4. The van der Waals surface area contributed by atoms with Crippen molar-refractivity contribution < 1.29 is 4.79 Å². The molecule has 0 saturated carbocycles. The van der Waals surface area contributed by atoms with Crippen molar-refractivity contribution in [2.75, 3.05) is 6.54 Å². The van der Waals surface area contributed by atoms with E-state index in [1.165, 1.54) is 5.56 Å². The summed E-state index contributed by atoms with van der Waals surface area (Å²) in [7, 11) is 0. The minimum Gasteiger partial charge on any atom is -0.351 e. The Labute approximate surface area is 183 Å². The molecule has 28 heavy (non-hydrogen) atoms. The monoisotopic (exact) mass is 500 g/mol. The Hall–Kier alpha value is -1.95. The summed E-state index contributed by atoms with van der Waals surface area (Å²) in [5, 5.41) is 3.03. The first-order valence-electron chi connectivity index (χ1n) is 9.11. The topological polar surface area (TPSA) is 32.3 Å². The maximum absolute atomic E-state index is 12.6. The second kappa shape index (κ2) is 10.6. The molecule has 0 aliphatic heterocycles. The number of nitrogens with zero attached hydrogens (tertiary/aromatic N) is 1. The number of halogens is 2. The smallest absolute Gasteiger partial charge is 0.234 e. The largest absolute Gasteiger partial charge is 0.351 e. The van der Waals surface area contributed by atoms with Crippen LogP contribution in [-0.4, -0.2) is 17.4 Å². The lowest BCUT2D eigenvalue weighted by atomic mass is 10.1. The van der Waals surface area contributed by atoms with Gasteiger partial charge in [-0.25, -0.2) is 0 Å². The summed E-state index contributed by atoms with van der Waals surface area (Å²) in [6, 6.07) is 26.2. The number of hydrogen-bond donors (Lipinski definition) is 1. The lowest BCUT2D eigenvalue weighted by Gasteiger charge is -2.23. The Morgan fingerprint density at radius 3 is 1.93 bits per heavy atom. The summed E-state index contributed by atoms with van der Waals surface area (Å²) in [5.74, 6) is 0.0166. The molecule has 0 heterocycles. The molecule has 0 spiro atoms. The van der Waals surface area contributed by atoms with E-state index in [1.54, 1.807) is 0 Å². The third-order valence-corrected chi connectivity index (χ3v) is 5.88. The van der Waals surface area contributed by atoms with Crippen molar-refractivity contribution in [1.29, 1.82) is 0 Å². The van der Waals surface area contributed by atoms with E-state index in [0.717, 1.165) is 20.1 Å². The molecular weight excluding hydrogens is 480 g/mol. The molecule has 5 heteroatoms. The van der Waals surface area contributed by atoms with Gasteiger partial charge in [0.2, 0.25) is 5.91 Å². The molecule has 0 unspecified atom stereocenters. The van der Waals surface area contributed by atoms with Crippen LogP contribution in [-0.2, 0) is 24.4 Å². The van der Waals surface area contributed by atoms with Crippen molar-refractivity contribution >= 4 is 37.8 Å². The molecule has 0 aliphatic carbocycles. The minimum absolute atomic E-state index is 0.0166. The van der Waals surface area contributed by atoms with Crippen LogP contribution >= 0.6 is 31.9 Å². The van der Waals surface area contributed by atoms with Gasteiger partial charge in [0.25, 0.3) is 0 Å². The third-order valence-electron chi connectivity index (χ3n) is 4.39. The predicted octanol–water partition coefficient (Wildman–Crippen LogP) is 5.53. The molecule has 1 amide bonds. The second-order valence-electron chi connectivity index (χ2n) is 6.59. The van der Waals surface area contributed by atoms with Gasteiger partial charge in [-0.15, -0.1) is 0 Å². The van der Waals surface area contributed by atoms with Gasteiger partial charge in [0.05, 0.1) is 6.54 Å². The fourth-order valence-corrected chi connectivity index (χ4v) is 4.22. The Kier molecular flexibility index (Phi) is 7.83. The summed E-state index contributed by atoms with van der Waals surface area (Å²) in [6.07, 6.45) is 0. The Morgan fingerprint density at radius 1 is 0.750 bits per heavy atom. The molecule has 0 fully saturated rings. The van der Waals surface area contributed by atoms with Crippen molar-refractivity contribution in [3.8, 4) is 0 Å². The molecule has 144 valence electrons. The number of amides is 1. The number of rotatable bonds is 8.